The molecule has 2 rings (SSSR count). The number of amides is 1. The largest absolute Gasteiger partial charge is 0.383 e. The molecule has 1 amide bonds. The molecule has 0 saturated heterocycles. The van der Waals surface area contributed by atoms with E-state index in [1.54, 1.807) is 7.11 Å². The van der Waals surface area contributed by atoms with Gasteiger partial charge in [-0.15, -0.1) is 0 Å². The molecule has 0 unspecified atom stereocenters. The fourth-order valence-corrected chi connectivity index (χ4v) is 2.30. The highest BCUT2D eigenvalue weighted by Gasteiger charge is 2.32. The molecule has 0 N–H and O–H groups in total. The van der Waals surface area contributed by atoms with E-state index in [4.69, 9.17) is 4.74 Å². The van der Waals surface area contributed by atoms with E-state index in [0.29, 0.717) is 19.2 Å². The summed E-state index contributed by atoms with van der Waals surface area (Å²) in [5.41, 5.74) is 1.89. The quantitative estimate of drug-likeness (QED) is 0.836. The van der Waals surface area contributed by atoms with Gasteiger partial charge >= 0.3 is 0 Å². The Morgan fingerprint density at radius 2 is 2.22 bits per heavy atom. The van der Waals surface area contributed by atoms with E-state index in [0.717, 1.165) is 28.4 Å². The Hall–Kier alpha value is -0.870. The average molecular weight is 312 g/mol. The highest BCUT2D eigenvalue weighted by molar-refractivity contribution is 9.10. The number of aryl methyl sites for hydroxylation is 1. The lowest BCUT2D eigenvalue weighted by molar-refractivity contribution is 0.0680. The minimum Gasteiger partial charge on any atom is -0.383 e. The van der Waals surface area contributed by atoms with Crippen molar-refractivity contribution in [1.82, 2.24) is 4.90 Å². The zero-order chi connectivity index (χ0) is 13.1. The van der Waals surface area contributed by atoms with E-state index < -0.39 is 0 Å². The van der Waals surface area contributed by atoms with Crippen molar-refractivity contribution in [1.29, 1.82) is 0 Å². The predicted molar refractivity (Wildman–Crippen MR) is 74.8 cm³/mol. The van der Waals surface area contributed by atoms with Gasteiger partial charge in [-0.1, -0.05) is 22.0 Å². The van der Waals surface area contributed by atoms with Crippen LogP contribution >= 0.6 is 15.9 Å². The van der Waals surface area contributed by atoms with Gasteiger partial charge in [0.15, 0.2) is 0 Å². The van der Waals surface area contributed by atoms with E-state index in [1.165, 1.54) is 0 Å². The first-order valence-corrected chi connectivity index (χ1v) is 6.99. The second kappa shape index (κ2) is 5.85. The molecule has 4 heteroatoms. The van der Waals surface area contributed by atoms with E-state index in [1.807, 2.05) is 30.0 Å². The van der Waals surface area contributed by atoms with Crippen LogP contribution in [-0.2, 0) is 4.74 Å². The van der Waals surface area contributed by atoms with Crippen molar-refractivity contribution in [3.63, 3.8) is 0 Å². The monoisotopic (exact) mass is 311 g/mol. The van der Waals surface area contributed by atoms with E-state index in [-0.39, 0.29) is 5.91 Å². The van der Waals surface area contributed by atoms with Crippen LogP contribution < -0.4 is 0 Å². The van der Waals surface area contributed by atoms with Crippen molar-refractivity contribution in [2.24, 2.45) is 0 Å². The van der Waals surface area contributed by atoms with Crippen LogP contribution in [0.25, 0.3) is 0 Å². The van der Waals surface area contributed by atoms with Gasteiger partial charge in [0.1, 0.15) is 0 Å². The minimum absolute atomic E-state index is 0.107. The molecule has 0 atom stereocenters. The second-order valence-electron chi connectivity index (χ2n) is 4.69. The van der Waals surface area contributed by atoms with Crippen molar-refractivity contribution < 1.29 is 9.53 Å². The van der Waals surface area contributed by atoms with Crippen LogP contribution in [0.4, 0.5) is 0 Å². The number of benzene rings is 1. The summed E-state index contributed by atoms with van der Waals surface area (Å²) in [5, 5.41) is 0. The lowest BCUT2D eigenvalue weighted by Crippen LogP contribution is -2.35. The number of halogens is 1. The van der Waals surface area contributed by atoms with Gasteiger partial charge in [-0.25, -0.2) is 0 Å². The van der Waals surface area contributed by atoms with Crippen molar-refractivity contribution in [2.75, 3.05) is 20.3 Å². The van der Waals surface area contributed by atoms with Crippen molar-refractivity contribution in [2.45, 2.75) is 25.8 Å². The minimum atomic E-state index is 0.107. The summed E-state index contributed by atoms with van der Waals surface area (Å²) in [7, 11) is 1.66. The first-order chi connectivity index (χ1) is 8.63. The molecule has 18 heavy (non-hydrogen) atoms. The number of rotatable bonds is 5. The molecule has 0 aromatic heterocycles. The summed E-state index contributed by atoms with van der Waals surface area (Å²) in [5.74, 6) is 0.107. The molecule has 1 aromatic carbocycles. The summed E-state index contributed by atoms with van der Waals surface area (Å²) in [6.45, 7) is 3.28. The standard InChI is InChI=1S/C14H18BrNO2/c1-10-3-4-11(9-13(10)15)14(17)16(7-8-18-2)12-5-6-12/h3-4,9,12H,5-8H2,1-2H3. The number of hydrogen-bond donors (Lipinski definition) is 0. The Morgan fingerprint density at radius 3 is 2.78 bits per heavy atom. The average Bonchev–Trinajstić information content (AvgIpc) is 3.17. The summed E-state index contributed by atoms with van der Waals surface area (Å²) < 4.78 is 6.06. The van der Waals surface area contributed by atoms with Crippen LogP contribution in [0, 0.1) is 6.92 Å². The number of carbonyl (C=O) groups excluding carboxylic acids is 1. The fourth-order valence-electron chi connectivity index (χ4n) is 1.92. The number of hydrogen-bond acceptors (Lipinski definition) is 2. The fraction of sp³-hybridized carbons (Fsp3) is 0.500. The maximum atomic E-state index is 12.4. The predicted octanol–water partition coefficient (Wildman–Crippen LogP) is 3.01. The lowest BCUT2D eigenvalue weighted by Gasteiger charge is -2.22. The van der Waals surface area contributed by atoms with Gasteiger partial charge in [0.25, 0.3) is 5.91 Å². The van der Waals surface area contributed by atoms with E-state index in [2.05, 4.69) is 15.9 Å². The molecule has 1 saturated carbocycles. The molecule has 0 aliphatic heterocycles. The third kappa shape index (κ3) is 3.12. The zero-order valence-electron chi connectivity index (χ0n) is 10.8. The third-order valence-corrected chi connectivity index (χ3v) is 4.06. The summed E-state index contributed by atoms with van der Waals surface area (Å²) in [6, 6.07) is 6.18. The highest BCUT2D eigenvalue weighted by Crippen LogP contribution is 2.28. The van der Waals surface area contributed by atoms with Gasteiger partial charge in [-0.2, -0.15) is 0 Å². The normalized spacial score (nSPS) is 14.6. The van der Waals surface area contributed by atoms with Crippen LogP contribution in [-0.4, -0.2) is 37.1 Å². The highest BCUT2D eigenvalue weighted by atomic mass is 79.9. The Bertz CT molecular complexity index is 443. The molecule has 3 nitrogen and oxygen atoms in total. The molecule has 1 aliphatic carbocycles. The molecule has 1 fully saturated rings. The molecule has 1 aliphatic rings. The summed E-state index contributed by atoms with van der Waals surface area (Å²) in [6.07, 6.45) is 2.23. The first-order valence-electron chi connectivity index (χ1n) is 6.19. The number of nitrogens with zero attached hydrogens (tertiary/aromatic N) is 1. The van der Waals surface area contributed by atoms with Crippen LogP contribution in [0.3, 0.4) is 0 Å². The SMILES string of the molecule is COCCN(C(=O)c1ccc(C)c(Br)c1)C1CC1. The van der Waals surface area contributed by atoms with Crippen molar-refractivity contribution in [3.05, 3.63) is 33.8 Å². The number of methoxy groups -OCH3 is 1. The maximum Gasteiger partial charge on any atom is 0.254 e. The smallest absolute Gasteiger partial charge is 0.254 e. The maximum absolute atomic E-state index is 12.4. The Kier molecular flexibility index (Phi) is 4.40. The van der Waals surface area contributed by atoms with Crippen LogP contribution in [0.1, 0.15) is 28.8 Å². The third-order valence-electron chi connectivity index (χ3n) is 3.20. The van der Waals surface area contributed by atoms with Gasteiger partial charge in [-0.05, 0) is 37.5 Å². The van der Waals surface area contributed by atoms with Crippen molar-refractivity contribution in [3.8, 4) is 0 Å². The summed E-state index contributed by atoms with van der Waals surface area (Å²) in [4.78, 5) is 14.4. The molecule has 0 spiro atoms. The van der Waals surface area contributed by atoms with Gasteiger partial charge < -0.3 is 9.64 Å². The topological polar surface area (TPSA) is 29.5 Å². The molecule has 1 aromatic rings. The second-order valence-corrected chi connectivity index (χ2v) is 5.54. The molecular formula is C14H18BrNO2. The van der Waals surface area contributed by atoms with Gasteiger partial charge in [-0.3, -0.25) is 4.79 Å². The Labute approximate surface area is 116 Å². The number of carbonyl (C=O) groups is 1. The van der Waals surface area contributed by atoms with E-state index >= 15 is 0 Å². The zero-order valence-corrected chi connectivity index (χ0v) is 12.4. The Morgan fingerprint density at radius 1 is 1.50 bits per heavy atom. The molecule has 0 bridgehead atoms. The van der Waals surface area contributed by atoms with Gasteiger partial charge in [0.2, 0.25) is 0 Å². The summed E-state index contributed by atoms with van der Waals surface area (Å²) >= 11 is 3.47. The van der Waals surface area contributed by atoms with Crippen molar-refractivity contribution >= 4 is 21.8 Å². The molecule has 98 valence electrons. The van der Waals surface area contributed by atoms with Gasteiger partial charge in [0.05, 0.1) is 6.61 Å². The van der Waals surface area contributed by atoms with Crippen LogP contribution in [0.2, 0.25) is 0 Å². The Balaban J connectivity index is 2.13. The lowest BCUT2D eigenvalue weighted by atomic mass is 10.1. The molecular weight excluding hydrogens is 294 g/mol. The van der Waals surface area contributed by atoms with Crippen LogP contribution in [0.15, 0.2) is 22.7 Å². The van der Waals surface area contributed by atoms with E-state index in [9.17, 15) is 4.79 Å². The first kappa shape index (κ1) is 13.6. The number of ether oxygens (including phenoxy) is 1. The van der Waals surface area contributed by atoms with Crippen LogP contribution in [0.5, 0.6) is 0 Å². The molecule has 0 radical (unpaired) electrons. The molecule has 0 heterocycles. The van der Waals surface area contributed by atoms with Gasteiger partial charge in [0, 0.05) is 29.7 Å².